The normalized spacial score (nSPS) is 18.9. The van der Waals surface area contributed by atoms with E-state index in [1.165, 1.54) is 14.8 Å². The van der Waals surface area contributed by atoms with Gasteiger partial charge in [0.25, 0.3) is 0 Å². The first-order valence-corrected chi connectivity index (χ1v) is 6.75. The summed E-state index contributed by atoms with van der Waals surface area (Å²) in [7, 11) is 0. The number of halogens is 1. The van der Waals surface area contributed by atoms with Crippen LogP contribution < -0.4 is 0 Å². The topological polar surface area (TPSA) is 15.6 Å². The summed E-state index contributed by atoms with van der Waals surface area (Å²) in [6, 6.07) is 8.64. The summed E-state index contributed by atoms with van der Waals surface area (Å²) in [6.07, 6.45) is 0. The number of amidine groups is 1. The fourth-order valence-electron chi connectivity index (χ4n) is 1.77. The highest BCUT2D eigenvalue weighted by molar-refractivity contribution is 14.1. The van der Waals surface area contributed by atoms with Crippen LogP contribution in [0.1, 0.15) is 5.56 Å². The molecule has 2 nitrogen and oxygen atoms in total. The lowest BCUT2D eigenvalue weighted by atomic mass is 10.1. The van der Waals surface area contributed by atoms with Crippen molar-refractivity contribution in [2.75, 3.05) is 13.1 Å². The molecule has 0 unspecified atom stereocenters. The smallest absolute Gasteiger partial charge is 0.168 e. The molecule has 2 heterocycles. The minimum absolute atomic E-state index is 0.935. The van der Waals surface area contributed by atoms with Crippen LogP contribution in [0.5, 0.6) is 0 Å². The Labute approximate surface area is 107 Å². The van der Waals surface area contributed by atoms with E-state index >= 15 is 0 Å². The third kappa shape index (κ3) is 1.69. The lowest BCUT2D eigenvalue weighted by Crippen LogP contribution is -2.19. The highest BCUT2D eigenvalue weighted by Crippen LogP contribution is 2.35. The van der Waals surface area contributed by atoms with Crippen molar-refractivity contribution in [1.29, 1.82) is 0 Å². The number of hydrogen-bond acceptors (Lipinski definition) is 3. The van der Waals surface area contributed by atoms with Crippen LogP contribution in [-0.2, 0) is 0 Å². The molecule has 15 heavy (non-hydrogen) atoms. The molecule has 0 bridgehead atoms. The highest BCUT2D eigenvalue weighted by atomic mass is 127. The molecule has 0 fully saturated rings. The fourth-order valence-corrected chi connectivity index (χ4v) is 3.09. The molecule has 0 N–H and O–H groups in total. The summed E-state index contributed by atoms with van der Waals surface area (Å²) in [5.41, 5.74) is 2.59. The zero-order valence-corrected chi connectivity index (χ0v) is 11.0. The van der Waals surface area contributed by atoms with E-state index < -0.39 is 0 Å². The molecule has 0 saturated carbocycles. The Hall–Kier alpha value is -0.490. The Morgan fingerprint density at radius 1 is 1.27 bits per heavy atom. The number of rotatable bonds is 1. The second-order valence-electron chi connectivity index (χ2n) is 3.44. The van der Waals surface area contributed by atoms with E-state index in [0.29, 0.717) is 0 Å². The maximum absolute atomic E-state index is 4.44. The van der Waals surface area contributed by atoms with E-state index in [2.05, 4.69) is 62.2 Å². The van der Waals surface area contributed by atoms with Gasteiger partial charge in [0.05, 0.1) is 12.2 Å². The molecule has 2 aliphatic rings. The average molecular weight is 328 g/mol. The lowest BCUT2D eigenvalue weighted by Gasteiger charge is -2.16. The van der Waals surface area contributed by atoms with Crippen molar-refractivity contribution >= 4 is 45.2 Å². The molecule has 1 aromatic rings. The van der Waals surface area contributed by atoms with E-state index in [-0.39, 0.29) is 0 Å². The van der Waals surface area contributed by atoms with Crippen LogP contribution in [0.15, 0.2) is 34.7 Å². The Bertz CT molecular complexity index is 450. The second-order valence-corrected chi connectivity index (χ2v) is 5.53. The molecule has 0 spiro atoms. The van der Waals surface area contributed by atoms with Gasteiger partial charge in [-0.05, 0) is 40.3 Å². The summed E-state index contributed by atoms with van der Waals surface area (Å²) in [6.45, 7) is 1.96. The van der Waals surface area contributed by atoms with Gasteiger partial charge in [0.15, 0.2) is 5.17 Å². The molecule has 1 aromatic carbocycles. The highest BCUT2D eigenvalue weighted by Gasteiger charge is 2.26. The number of hydrogen-bond donors (Lipinski definition) is 0. The van der Waals surface area contributed by atoms with Crippen LogP contribution in [0.2, 0.25) is 0 Å². The van der Waals surface area contributed by atoms with Crippen molar-refractivity contribution in [3.8, 4) is 0 Å². The molecule has 2 aliphatic heterocycles. The van der Waals surface area contributed by atoms with Gasteiger partial charge in [-0.3, -0.25) is 4.99 Å². The third-order valence-electron chi connectivity index (χ3n) is 2.51. The van der Waals surface area contributed by atoms with Crippen molar-refractivity contribution in [3.05, 3.63) is 38.8 Å². The first kappa shape index (κ1) is 9.72. The standard InChI is InChI=1S/C11H9IN2S/c12-9-3-1-8(2-4-9)10-7-15-11-13-5-6-14(10)11/h1-4,7H,5-6H2. The largest absolute Gasteiger partial charge is 0.318 e. The quantitative estimate of drug-likeness (QED) is 0.737. The fraction of sp³-hybridized carbons (Fsp3) is 0.182. The number of benzene rings is 1. The van der Waals surface area contributed by atoms with Crippen LogP contribution in [0.4, 0.5) is 0 Å². The van der Waals surface area contributed by atoms with Gasteiger partial charge in [-0.1, -0.05) is 23.9 Å². The Morgan fingerprint density at radius 3 is 2.87 bits per heavy atom. The first-order valence-electron chi connectivity index (χ1n) is 4.79. The van der Waals surface area contributed by atoms with Gasteiger partial charge in [-0.2, -0.15) is 0 Å². The van der Waals surface area contributed by atoms with Gasteiger partial charge < -0.3 is 4.90 Å². The zero-order chi connectivity index (χ0) is 10.3. The Balaban J connectivity index is 1.95. The minimum Gasteiger partial charge on any atom is -0.318 e. The van der Waals surface area contributed by atoms with Gasteiger partial charge in [0, 0.05) is 15.5 Å². The van der Waals surface area contributed by atoms with Crippen LogP contribution >= 0.6 is 34.4 Å². The Morgan fingerprint density at radius 2 is 2.07 bits per heavy atom. The monoisotopic (exact) mass is 328 g/mol. The summed E-state index contributed by atoms with van der Waals surface area (Å²) in [5, 5.41) is 3.35. The molecular weight excluding hydrogens is 319 g/mol. The molecule has 0 saturated heterocycles. The first-order chi connectivity index (χ1) is 7.34. The zero-order valence-electron chi connectivity index (χ0n) is 7.98. The molecule has 76 valence electrons. The molecule has 0 aromatic heterocycles. The number of thioether (sulfide) groups is 1. The van der Waals surface area contributed by atoms with Gasteiger partial charge in [0.1, 0.15) is 0 Å². The van der Waals surface area contributed by atoms with Crippen LogP contribution in [-0.4, -0.2) is 23.2 Å². The van der Waals surface area contributed by atoms with Gasteiger partial charge in [-0.25, -0.2) is 0 Å². The van der Waals surface area contributed by atoms with E-state index in [0.717, 1.165) is 18.3 Å². The third-order valence-corrected chi connectivity index (χ3v) is 4.13. The maximum Gasteiger partial charge on any atom is 0.168 e. The molecule has 0 radical (unpaired) electrons. The van der Waals surface area contributed by atoms with Gasteiger partial charge in [-0.15, -0.1) is 0 Å². The number of fused-ring (bicyclic) bond motifs is 1. The second kappa shape index (κ2) is 3.83. The molecule has 0 amide bonds. The molecule has 0 aliphatic carbocycles. The lowest BCUT2D eigenvalue weighted by molar-refractivity contribution is 0.650. The van der Waals surface area contributed by atoms with Crippen molar-refractivity contribution in [2.24, 2.45) is 4.99 Å². The van der Waals surface area contributed by atoms with Crippen molar-refractivity contribution in [1.82, 2.24) is 4.90 Å². The Kier molecular flexibility index (Phi) is 2.48. The predicted molar refractivity (Wildman–Crippen MR) is 73.7 cm³/mol. The van der Waals surface area contributed by atoms with Crippen molar-refractivity contribution in [3.63, 3.8) is 0 Å². The van der Waals surface area contributed by atoms with Crippen LogP contribution in [0, 0.1) is 3.57 Å². The summed E-state index contributed by atoms with van der Waals surface area (Å²) < 4.78 is 1.28. The summed E-state index contributed by atoms with van der Waals surface area (Å²) in [5.74, 6) is 0. The SMILES string of the molecule is Ic1ccc(C2=CSC3=NCCN23)cc1. The minimum atomic E-state index is 0.935. The summed E-state index contributed by atoms with van der Waals surface area (Å²) in [4.78, 5) is 6.74. The average Bonchev–Trinajstić information content (AvgIpc) is 2.80. The van der Waals surface area contributed by atoms with Crippen molar-refractivity contribution < 1.29 is 0 Å². The van der Waals surface area contributed by atoms with Crippen LogP contribution in [0.25, 0.3) is 5.70 Å². The van der Waals surface area contributed by atoms with Crippen LogP contribution in [0.3, 0.4) is 0 Å². The molecular formula is C11H9IN2S. The maximum atomic E-state index is 4.44. The van der Waals surface area contributed by atoms with Gasteiger partial charge >= 0.3 is 0 Å². The van der Waals surface area contributed by atoms with E-state index in [1.807, 2.05) is 0 Å². The number of aliphatic imine (C=N–C) groups is 1. The predicted octanol–water partition coefficient (Wildman–Crippen LogP) is 3.01. The van der Waals surface area contributed by atoms with Gasteiger partial charge in [0.2, 0.25) is 0 Å². The van der Waals surface area contributed by atoms with Crippen molar-refractivity contribution in [2.45, 2.75) is 0 Å². The van der Waals surface area contributed by atoms with E-state index in [4.69, 9.17) is 0 Å². The van der Waals surface area contributed by atoms with E-state index in [1.54, 1.807) is 11.8 Å². The molecule has 3 rings (SSSR count). The van der Waals surface area contributed by atoms with E-state index in [9.17, 15) is 0 Å². The number of nitrogens with zero attached hydrogens (tertiary/aromatic N) is 2. The molecule has 0 atom stereocenters. The summed E-state index contributed by atoms with van der Waals surface area (Å²) >= 11 is 4.06. The molecule has 4 heteroatoms.